The first-order chi connectivity index (χ1) is 17.0. The van der Waals surface area contributed by atoms with E-state index in [2.05, 4.69) is 26.6 Å². The highest BCUT2D eigenvalue weighted by atomic mass is 79.9. The van der Waals surface area contributed by atoms with E-state index in [0.717, 1.165) is 15.8 Å². The van der Waals surface area contributed by atoms with Gasteiger partial charge in [0.15, 0.2) is 11.5 Å². The molecular weight excluding hydrogens is 530 g/mol. The maximum atomic E-state index is 13.0. The summed E-state index contributed by atoms with van der Waals surface area (Å²) in [6, 6.07) is 20.0. The number of ether oxygens (including phenoxy) is 2. The van der Waals surface area contributed by atoms with Crippen molar-refractivity contribution in [3.63, 3.8) is 0 Å². The molecule has 7 nitrogen and oxygen atoms in total. The quantitative estimate of drug-likeness (QED) is 0.273. The Bertz CT molecular complexity index is 1310. The molecule has 1 aromatic heterocycles. The minimum Gasteiger partial charge on any atom is -0.490 e. The van der Waals surface area contributed by atoms with Crippen LogP contribution in [0.5, 0.6) is 11.5 Å². The van der Waals surface area contributed by atoms with Gasteiger partial charge in [-0.05, 0) is 47.5 Å². The van der Waals surface area contributed by atoms with E-state index in [4.69, 9.17) is 14.5 Å². The molecule has 0 radical (unpaired) electrons. The number of benzene rings is 3. The fourth-order valence-corrected chi connectivity index (χ4v) is 4.96. The van der Waals surface area contributed by atoms with Crippen LogP contribution in [0.2, 0.25) is 0 Å². The highest BCUT2D eigenvalue weighted by Gasteiger charge is 2.25. The van der Waals surface area contributed by atoms with Gasteiger partial charge in [-0.15, -0.1) is 11.3 Å². The number of anilines is 1. The summed E-state index contributed by atoms with van der Waals surface area (Å²) in [7, 11) is 0. The van der Waals surface area contributed by atoms with Crippen LogP contribution in [0, 0.1) is 0 Å². The molecule has 1 atom stereocenters. The lowest BCUT2D eigenvalue weighted by atomic mass is 10.1. The van der Waals surface area contributed by atoms with Gasteiger partial charge in [0.2, 0.25) is 0 Å². The summed E-state index contributed by atoms with van der Waals surface area (Å²) in [6.45, 7) is 4.62. The molecule has 0 saturated heterocycles. The molecule has 0 fully saturated rings. The van der Waals surface area contributed by atoms with Crippen LogP contribution in [0.25, 0.3) is 10.2 Å². The van der Waals surface area contributed by atoms with Gasteiger partial charge in [-0.2, -0.15) is 0 Å². The average molecular weight is 554 g/mol. The van der Waals surface area contributed by atoms with Crippen LogP contribution in [0.1, 0.15) is 30.5 Å². The third-order valence-electron chi connectivity index (χ3n) is 5.05. The topological polar surface area (TPSA) is 89.5 Å². The van der Waals surface area contributed by atoms with E-state index in [1.165, 1.54) is 11.3 Å². The highest BCUT2D eigenvalue weighted by molar-refractivity contribution is 9.10. The molecule has 1 heterocycles. The Balaban J connectivity index is 1.57. The van der Waals surface area contributed by atoms with Crippen molar-refractivity contribution in [3.05, 3.63) is 81.8 Å². The first kappa shape index (κ1) is 24.7. The molecule has 9 heteroatoms. The minimum absolute atomic E-state index is 0.397. The van der Waals surface area contributed by atoms with Crippen LogP contribution in [-0.4, -0.2) is 30.0 Å². The number of halogens is 1. The third kappa shape index (κ3) is 5.80. The number of amides is 2. The number of hydrogen-bond acceptors (Lipinski definition) is 6. The van der Waals surface area contributed by atoms with Gasteiger partial charge >= 0.3 is 11.8 Å². The zero-order chi connectivity index (χ0) is 24.8. The molecule has 0 bridgehead atoms. The van der Waals surface area contributed by atoms with E-state index < -0.39 is 17.9 Å². The molecule has 0 aliphatic rings. The van der Waals surface area contributed by atoms with Gasteiger partial charge in [-0.3, -0.25) is 9.59 Å². The van der Waals surface area contributed by atoms with Gasteiger partial charge in [-0.1, -0.05) is 42.5 Å². The lowest BCUT2D eigenvalue weighted by Gasteiger charge is -2.18. The van der Waals surface area contributed by atoms with Gasteiger partial charge in [0.25, 0.3) is 0 Å². The van der Waals surface area contributed by atoms with Gasteiger partial charge in [0.05, 0.1) is 29.1 Å². The van der Waals surface area contributed by atoms with Crippen LogP contribution >= 0.6 is 27.3 Å². The van der Waals surface area contributed by atoms with Crippen LogP contribution in [0.15, 0.2) is 71.2 Å². The third-order valence-corrected chi connectivity index (χ3v) is 6.81. The van der Waals surface area contributed by atoms with Crippen molar-refractivity contribution in [1.82, 2.24) is 10.3 Å². The second-order valence-electron chi connectivity index (χ2n) is 7.44. The maximum Gasteiger partial charge on any atom is 0.313 e. The van der Waals surface area contributed by atoms with Gasteiger partial charge < -0.3 is 20.1 Å². The Morgan fingerprint density at radius 2 is 1.60 bits per heavy atom. The van der Waals surface area contributed by atoms with Crippen molar-refractivity contribution >= 4 is 55.0 Å². The van der Waals surface area contributed by atoms with Crippen LogP contribution in [0.3, 0.4) is 0 Å². The monoisotopic (exact) mass is 553 g/mol. The fraction of sp³-hybridized carbons (Fsp3) is 0.192. The Morgan fingerprint density at radius 3 is 2.29 bits per heavy atom. The van der Waals surface area contributed by atoms with Crippen LogP contribution in [0.4, 0.5) is 5.69 Å². The number of aromatic nitrogens is 1. The number of thiazole rings is 1. The summed E-state index contributed by atoms with van der Waals surface area (Å²) >= 11 is 4.91. The SMILES string of the molecule is CCOc1cc(Br)c(NC(=O)C(=O)NC(c2ccccc2)c2nc3ccccc3s2)cc1OCC. The molecule has 2 N–H and O–H groups in total. The summed E-state index contributed by atoms with van der Waals surface area (Å²) < 4.78 is 12.8. The minimum atomic E-state index is -0.806. The summed E-state index contributed by atoms with van der Waals surface area (Å²) in [5, 5.41) is 6.20. The summed E-state index contributed by atoms with van der Waals surface area (Å²) in [4.78, 5) is 30.6. The fourth-order valence-electron chi connectivity index (χ4n) is 3.49. The predicted octanol–water partition coefficient (Wildman–Crippen LogP) is 5.70. The predicted molar refractivity (Wildman–Crippen MR) is 141 cm³/mol. The first-order valence-electron chi connectivity index (χ1n) is 11.1. The number of carbonyl (C=O) groups excluding carboxylic acids is 2. The number of nitrogens with one attached hydrogen (secondary N) is 2. The normalized spacial score (nSPS) is 11.6. The van der Waals surface area contributed by atoms with E-state index in [1.807, 2.05) is 68.4 Å². The first-order valence-corrected chi connectivity index (χ1v) is 12.7. The van der Waals surface area contributed by atoms with E-state index >= 15 is 0 Å². The van der Waals surface area contributed by atoms with Crippen molar-refractivity contribution in [2.45, 2.75) is 19.9 Å². The second kappa shape index (κ2) is 11.3. The van der Waals surface area contributed by atoms with Gasteiger partial charge in [0, 0.05) is 16.6 Å². The summed E-state index contributed by atoms with van der Waals surface area (Å²) in [6.07, 6.45) is 0. The number of fused-ring (bicyclic) bond motifs is 1. The number of nitrogens with zero attached hydrogens (tertiary/aromatic N) is 1. The molecule has 4 rings (SSSR count). The lowest BCUT2D eigenvalue weighted by molar-refractivity contribution is -0.136. The smallest absolute Gasteiger partial charge is 0.313 e. The molecule has 2 amide bonds. The number of hydrogen-bond donors (Lipinski definition) is 2. The lowest BCUT2D eigenvalue weighted by Crippen LogP contribution is -2.38. The zero-order valence-electron chi connectivity index (χ0n) is 19.2. The molecule has 0 aliphatic carbocycles. The number of para-hydroxylation sites is 1. The van der Waals surface area contributed by atoms with E-state index in [1.54, 1.807) is 12.1 Å². The van der Waals surface area contributed by atoms with E-state index in [0.29, 0.717) is 39.9 Å². The van der Waals surface area contributed by atoms with Crippen LogP contribution < -0.4 is 20.1 Å². The molecule has 0 aliphatic heterocycles. The average Bonchev–Trinajstić information content (AvgIpc) is 3.29. The maximum absolute atomic E-state index is 13.0. The molecule has 1 unspecified atom stereocenters. The Hall–Kier alpha value is -3.43. The Kier molecular flexibility index (Phi) is 7.99. The van der Waals surface area contributed by atoms with Crippen molar-refractivity contribution in [2.75, 3.05) is 18.5 Å². The molecule has 4 aromatic rings. The Morgan fingerprint density at radius 1 is 0.943 bits per heavy atom. The van der Waals surface area contributed by atoms with E-state index in [-0.39, 0.29) is 0 Å². The number of rotatable bonds is 8. The molecular formula is C26H24BrN3O4S. The zero-order valence-corrected chi connectivity index (χ0v) is 21.6. The molecule has 0 saturated carbocycles. The molecule has 0 spiro atoms. The highest BCUT2D eigenvalue weighted by Crippen LogP contribution is 2.37. The van der Waals surface area contributed by atoms with Crippen molar-refractivity contribution in [3.8, 4) is 11.5 Å². The summed E-state index contributed by atoms with van der Waals surface area (Å²) in [5.74, 6) is -0.565. The molecule has 35 heavy (non-hydrogen) atoms. The molecule has 180 valence electrons. The standard InChI is InChI=1S/C26H24BrN3O4S/c1-3-33-20-14-17(27)19(15-21(20)34-4-2)28-24(31)25(32)30-23(16-10-6-5-7-11-16)26-29-18-12-8-9-13-22(18)35-26/h5-15,23H,3-4H2,1-2H3,(H,28,31)(H,30,32). The summed E-state index contributed by atoms with van der Waals surface area (Å²) in [5.41, 5.74) is 2.07. The second-order valence-corrected chi connectivity index (χ2v) is 9.35. The van der Waals surface area contributed by atoms with Crippen molar-refractivity contribution in [2.24, 2.45) is 0 Å². The molecule has 3 aromatic carbocycles. The van der Waals surface area contributed by atoms with Crippen molar-refractivity contribution < 1.29 is 19.1 Å². The van der Waals surface area contributed by atoms with Crippen molar-refractivity contribution in [1.29, 1.82) is 0 Å². The number of carbonyl (C=O) groups is 2. The van der Waals surface area contributed by atoms with Gasteiger partial charge in [-0.25, -0.2) is 4.98 Å². The van der Waals surface area contributed by atoms with E-state index in [9.17, 15) is 9.59 Å². The Labute approximate surface area is 215 Å². The largest absolute Gasteiger partial charge is 0.490 e. The van der Waals surface area contributed by atoms with Gasteiger partial charge in [0.1, 0.15) is 11.0 Å². The van der Waals surface area contributed by atoms with Crippen LogP contribution in [-0.2, 0) is 9.59 Å².